The van der Waals surface area contributed by atoms with E-state index in [1.54, 1.807) is 60.8 Å². The van der Waals surface area contributed by atoms with Crippen molar-refractivity contribution in [1.82, 2.24) is 20.2 Å². The molecule has 3 N–H and O–H groups in total. The number of benzene rings is 2. The number of piperidine rings is 1. The molecule has 0 aliphatic carbocycles. The van der Waals surface area contributed by atoms with Gasteiger partial charge in [-0.3, -0.25) is 9.59 Å². The number of hydrogen-bond acceptors (Lipinski definition) is 10. The van der Waals surface area contributed by atoms with Crippen LogP contribution in [0.5, 0.6) is 5.75 Å². The molecule has 2 heterocycles. The van der Waals surface area contributed by atoms with Crippen LogP contribution in [0.15, 0.2) is 71.9 Å². The molecule has 1 saturated heterocycles. The summed E-state index contributed by atoms with van der Waals surface area (Å²) in [5, 5.41) is 5.99. The highest BCUT2D eigenvalue weighted by Gasteiger charge is 2.23. The molecule has 0 unspecified atom stereocenters. The van der Waals surface area contributed by atoms with Crippen LogP contribution in [0.3, 0.4) is 0 Å². The predicted molar refractivity (Wildman–Crippen MR) is 144 cm³/mol. The van der Waals surface area contributed by atoms with E-state index in [1.807, 2.05) is 6.07 Å². The molecule has 0 saturated carbocycles. The van der Waals surface area contributed by atoms with Gasteiger partial charge in [-0.25, -0.2) is 18.4 Å². The number of nitrogens with zero attached hydrogens (tertiary/aromatic N) is 3. The van der Waals surface area contributed by atoms with E-state index in [9.17, 15) is 18.0 Å². The molecule has 3 aromatic rings. The van der Waals surface area contributed by atoms with Crippen molar-refractivity contribution in [1.29, 1.82) is 0 Å². The number of carbonyl (C=O) groups is 2. The first-order valence-corrected chi connectivity index (χ1v) is 13.9. The first-order chi connectivity index (χ1) is 18.9. The van der Waals surface area contributed by atoms with Gasteiger partial charge in [0, 0.05) is 43.6 Å². The van der Waals surface area contributed by atoms with Gasteiger partial charge in [-0.1, -0.05) is 18.2 Å². The summed E-state index contributed by atoms with van der Waals surface area (Å²) in [6.07, 6.45) is 4.96. The number of ether oxygens (including phenoxy) is 1. The van der Waals surface area contributed by atoms with E-state index in [4.69, 9.17) is 4.74 Å². The lowest BCUT2D eigenvalue weighted by Crippen LogP contribution is -2.39. The minimum atomic E-state index is -3.99. The number of aromatic nitrogens is 2. The van der Waals surface area contributed by atoms with E-state index in [1.165, 1.54) is 12.1 Å². The maximum absolute atomic E-state index is 12.6. The number of carbonyl (C=O) groups excluding carboxylic acids is 2. The van der Waals surface area contributed by atoms with Crippen molar-refractivity contribution in [2.24, 2.45) is 0 Å². The Kier molecular flexibility index (Phi) is 9.28. The Labute approximate surface area is 226 Å². The van der Waals surface area contributed by atoms with E-state index >= 15 is 0 Å². The molecule has 206 valence electrons. The summed E-state index contributed by atoms with van der Waals surface area (Å²) in [6, 6.07) is 14.7. The number of nitrogens with one attached hydrogen (secondary N) is 3. The normalized spacial score (nSPS) is 13.9. The van der Waals surface area contributed by atoms with E-state index < -0.39 is 21.9 Å². The average molecular weight is 555 g/mol. The van der Waals surface area contributed by atoms with E-state index in [-0.39, 0.29) is 23.9 Å². The highest BCUT2D eigenvalue weighted by Crippen LogP contribution is 2.31. The molecule has 2 aromatic carbocycles. The van der Waals surface area contributed by atoms with Crippen molar-refractivity contribution in [3.63, 3.8) is 0 Å². The van der Waals surface area contributed by atoms with Crippen LogP contribution in [0.4, 0.5) is 11.6 Å². The molecular weight excluding hydrogens is 524 g/mol. The fourth-order valence-electron chi connectivity index (χ4n) is 4.08. The first kappa shape index (κ1) is 27.8. The number of rotatable bonds is 11. The van der Waals surface area contributed by atoms with Gasteiger partial charge in [-0.05, 0) is 54.1 Å². The monoisotopic (exact) mass is 554 g/mol. The zero-order chi connectivity index (χ0) is 27.7. The van der Waals surface area contributed by atoms with Crippen molar-refractivity contribution in [2.45, 2.75) is 30.2 Å². The van der Waals surface area contributed by atoms with Gasteiger partial charge in [0.15, 0.2) is 0 Å². The van der Waals surface area contributed by atoms with Crippen molar-refractivity contribution < 1.29 is 27.6 Å². The summed E-state index contributed by atoms with van der Waals surface area (Å²) in [7, 11) is -2.44. The Bertz CT molecular complexity index is 1370. The van der Waals surface area contributed by atoms with Crippen LogP contribution in [0.1, 0.15) is 29.6 Å². The van der Waals surface area contributed by atoms with Gasteiger partial charge in [0.05, 0.1) is 24.1 Å². The molecule has 39 heavy (non-hydrogen) atoms. The van der Waals surface area contributed by atoms with Crippen LogP contribution >= 0.6 is 0 Å². The Balaban J connectivity index is 1.24. The molecule has 4 rings (SSSR count). The standard InChI is InChI=1S/C26H30N6O6S/c1-37-23-18-19(8-9-22(23)32-16-11-20(12-17-32)30-26-28-13-5-14-29-26)25(34)27-15-10-24(33)38-31-39(35,36)21-6-3-2-4-7-21/h2-9,13-14,18,20,31H,10-12,15-17H2,1H3,(H,27,34)(H,28,29,30). The Morgan fingerprint density at radius 3 is 2.44 bits per heavy atom. The quantitative estimate of drug-likeness (QED) is 0.301. The first-order valence-electron chi connectivity index (χ1n) is 12.4. The second-order valence-electron chi connectivity index (χ2n) is 8.74. The Hall–Kier alpha value is -4.23. The van der Waals surface area contributed by atoms with E-state index in [0.29, 0.717) is 17.3 Å². The van der Waals surface area contributed by atoms with Crippen molar-refractivity contribution in [3.05, 3.63) is 72.6 Å². The van der Waals surface area contributed by atoms with Crippen molar-refractivity contribution >= 4 is 33.5 Å². The average Bonchev–Trinajstić information content (AvgIpc) is 2.97. The number of methoxy groups -OCH3 is 1. The Morgan fingerprint density at radius 2 is 1.74 bits per heavy atom. The number of anilines is 2. The minimum Gasteiger partial charge on any atom is -0.495 e. The molecular formula is C26H30N6O6S. The topological polar surface area (TPSA) is 152 Å². The Morgan fingerprint density at radius 1 is 1.03 bits per heavy atom. The lowest BCUT2D eigenvalue weighted by molar-refractivity contribution is -0.146. The van der Waals surface area contributed by atoms with Crippen LogP contribution < -0.4 is 25.2 Å². The van der Waals surface area contributed by atoms with Gasteiger partial charge in [-0.15, -0.1) is 0 Å². The van der Waals surface area contributed by atoms with Gasteiger partial charge in [-0.2, -0.15) is 0 Å². The molecule has 1 aromatic heterocycles. The number of amides is 1. The third-order valence-electron chi connectivity index (χ3n) is 6.11. The summed E-state index contributed by atoms with van der Waals surface area (Å²) in [5.74, 6) is -0.0523. The third kappa shape index (κ3) is 7.65. The van der Waals surface area contributed by atoms with Gasteiger partial charge in [0.2, 0.25) is 5.95 Å². The lowest BCUT2D eigenvalue weighted by atomic mass is 10.0. The predicted octanol–water partition coefficient (Wildman–Crippen LogP) is 2.12. The summed E-state index contributed by atoms with van der Waals surface area (Å²) < 4.78 is 29.8. The second-order valence-corrected chi connectivity index (χ2v) is 10.4. The summed E-state index contributed by atoms with van der Waals surface area (Å²) in [6.45, 7) is 1.55. The van der Waals surface area contributed by atoms with Crippen LogP contribution in [-0.2, 0) is 19.7 Å². The van der Waals surface area contributed by atoms with Crippen molar-refractivity contribution in [2.75, 3.05) is 37.0 Å². The lowest BCUT2D eigenvalue weighted by Gasteiger charge is -2.34. The van der Waals surface area contributed by atoms with Gasteiger partial charge in [0.25, 0.3) is 15.9 Å². The van der Waals surface area contributed by atoms with Crippen LogP contribution in [0, 0.1) is 0 Å². The summed E-state index contributed by atoms with van der Waals surface area (Å²) in [4.78, 5) is 41.6. The molecule has 1 amide bonds. The summed E-state index contributed by atoms with van der Waals surface area (Å²) >= 11 is 0. The maximum Gasteiger partial charge on any atom is 0.327 e. The van der Waals surface area contributed by atoms with Crippen LogP contribution in [0.25, 0.3) is 0 Å². The maximum atomic E-state index is 12.6. The highest BCUT2D eigenvalue weighted by molar-refractivity contribution is 7.89. The third-order valence-corrected chi connectivity index (χ3v) is 7.31. The van der Waals surface area contributed by atoms with Gasteiger partial charge < -0.3 is 25.1 Å². The molecule has 1 fully saturated rings. The van der Waals surface area contributed by atoms with Crippen molar-refractivity contribution in [3.8, 4) is 5.75 Å². The zero-order valence-corrected chi connectivity index (χ0v) is 22.2. The minimum absolute atomic E-state index is 0.0358. The SMILES string of the molecule is COc1cc(C(=O)NCCC(=O)ONS(=O)(=O)c2ccccc2)ccc1N1CCC(Nc2ncccn2)CC1. The fourth-order valence-corrected chi connectivity index (χ4v) is 4.90. The molecule has 13 heteroatoms. The summed E-state index contributed by atoms with van der Waals surface area (Å²) in [5.41, 5.74) is 1.25. The molecule has 0 atom stereocenters. The second kappa shape index (κ2) is 13.0. The fraction of sp³-hybridized carbons (Fsp3) is 0.308. The van der Waals surface area contributed by atoms with Gasteiger partial charge >= 0.3 is 5.97 Å². The highest BCUT2D eigenvalue weighted by atomic mass is 32.2. The molecule has 0 bridgehead atoms. The van der Waals surface area contributed by atoms with Crippen LogP contribution in [0.2, 0.25) is 0 Å². The van der Waals surface area contributed by atoms with Crippen LogP contribution in [-0.4, -0.2) is 63.0 Å². The molecule has 1 aliphatic rings. The zero-order valence-electron chi connectivity index (χ0n) is 21.4. The smallest absolute Gasteiger partial charge is 0.327 e. The van der Waals surface area contributed by atoms with E-state index in [0.717, 1.165) is 31.6 Å². The van der Waals surface area contributed by atoms with Gasteiger partial charge in [0.1, 0.15) is 5.75 Å². The molecule has 0 radical (unpaired) electrons. The largest absolute Gasteiger partial charge is 0.495 e. The molecule has 0 spiro atoms. The van der Waals surface area contributed by atoms with E-state index in [2.05, 4.69) is 30.3 Å². The number of sulfonamides is 1. The molecule has 12 nitrogen and oxygen atoms in total. The number of hydrogen-bond donors (Lipinski definition) is 3. The molecule has 1 aliphatic heterocycles.